The lowest BCUT2D eigenvalue weighted by Crippen LogP contribution is -2.65. The summed E-state index contributed by atoms with van der Waals surface area (Å²) < 4.78 is 26.2. The fraction of sp³-hybridized carbons (Fsp3) is 0.935. The average molecular weight is 487 g/mol. The molecule has 4 heteroatoms. The van der Waals surface area contributed by atoms with Gasteiger partial charge in [0.1, 0.15) is 0 Å². The first-order chi connectivity index (χ1) is 16.6. The van der Waals surface area contributed by atoms with Crippen LogP contribution < -0.4 is 0 Å². The van der Waals surface area contributed by atoms with Gasteiger partial charge in [0.15, 0.2) is 11.6 Å². The van der Waals surface area contributed by atoms with Gasteiger partial charge in [-0.3, -0.25) is 0 Å². The van der Waals surface area contributed by atoms with Gasteiger partial charge in [0.2, 0.25) is 0 Å². The monoisotopic (exact) mass is 486 g/mol. The first-order valence-electron chi connectivity index (χ1n) is 14.9. The quantitative estimate of drug-likeness (QED) is 0.396. The Morgan fingerprint density at radius 1 is 0.886 bits per heavy atom. The lowest BCUT2D eigenvalue weighted by Gasteiger charge is -2.65. The molecule has 6 fully saturated rings. The molecule has 2 heterocycles. The van der Waals surface area contributed by atoms with E-state index in [2.05, 4.69) is 53.7 Å². The smallest absolute Gasteiger partial charge is 0.172 e. The van der Waals surface area contributed by atoms with Crippen LogP contribution in [0.1, 0.15) is 99.3 Å². The highest BCUT2D eigenvalue weighted by molar-refractivity contribution is 5.16. The fourth-order valence-corrected chi connectivity index (χ4v) is 10.6. The fourth-order valence-electron chi connectivity index (χ4n) is 10.6. The van der Waals surface area contributed by atoms with Crippen molar-refractivity contribution in [2.24, 2.45) is 46.3 Å². The molecule has 1 spiro atoms. The van der Waals surface area contributed by atoms with Gasteiger partial charge >= 0.3 is 0 Å². The van der Waals surface area contributed by atoms with Crippen LogP contribution >= 0.6 is 0 Å². The predicted octanol–water partition coefficient (Wildman–Crippen LogP) is 7.12. The maximum Gasteiger partial charge on any atom is 0.172 e. The van der Waals surface area contributed by atoms with E-state index in [1.54, 1.807) is 0 Å². The molecule has 2 aliphatic heterocycles. The summed E-state index contributed by atoms with van der Waals surface area (Å²) in [6.45, 7) is 15.6. The summed E-state index contributed by atoms with van der Waals surface area (Å²) in [6.07, 6.45) is 16.5. The standard InChI is InChI=1S/C31H50O4/c1-7-8-9-10-20(2)22-11-12-23-21-18-31(32-15-16-33-31)27-17-25-26(35-28(3,4)34-25)19-30(27,6)24(21)13-14-29(22,23)5/h9-10,20-27H,7-8,11-19H2,1-6H3/b10-9+/t20-,21?,22-,23?,24?,25?,26-,27+,29-,30-/m1/s1. The van der Waals surface area contributed by atoms with Crippen molar-refractivity contribution in [1.82, 2.24) is 0 Å². The van der Waals surface area contributed by atoms with Crippen LogP contribution in [0.2, 0.25) is 0 Å². The summed E-state index contributed by atoms with van der Waals surface area (Å²) in [5, 5.41) is 0. The van der Waals surface area contributed by atoms with E-state index >= 15 is 0 Å². The maximum atomic E-state index is 6.66. The molecule has 0 aromatic carbocycles. The Bertz CT molecular complexity index is 830. The number of rotatable bonds is 4. The van der Waals surface area contributed by atoms with Crippen LogP contribution in [0.25, 0.3) is 0 Å². The highest BCUT2D eigenvalue weighted by atomic mass is 16.8. The minimum absolute atomic E-state index is 0.171. The van der Waals surface area contributed by atoms with Gasteiger partial charge in [-0.15, -0.1) is 0 Å². The Balaban J connectivity index is 1.31. The van der Waals surface area contributed by atoms with Crippen molar-refractivity contribution in [2.45, 2.75) is 123 Å². The van der Waals surface area contributed by atoms with E-state index in [-0.39, 0.29) is 17.6 Å². The number of fused-ring (bicyclic) bond motifs is 7. The second-order valence-electron chi connectivity index (χ2n) is 14.1. The molecule has 4 unspecified atom stereocenters. The molecule has 198 valence electrons. The van der Waals surface area contributed by atoms with Crippen LogP contribution in [0.15, 0.2) is 12.2 Å². The summed E-state index contributed by atoms with van der Waals surface area (Å²) in [6, 6.07) is 0. The summed E-state index contributed by atoms with van der Waals surface area (Å²) in [5.74, 6) is 3.19. The van der Waals surface area contributed by atoms with Crippen LogP contribution in [0, 0.1) is 46.3 Å². The highest BCUT2D eigenvalue weighted by Gasteiger charge is 2.70. The first kappa shape index (κ1) is 24.9. The number of allylic oxidation sites excluding steroid dienone is 2. The zero-order valence-corrected chi connectivity index (χ0v) is 23.2. The number of hydrogen-bond donors (Lipinski definition) is 0. The van der Waals surface area contributed by atoms with Gasteiger partial charge in [-0.25, -0.2) is 0 Å². The summed E-state index contributed by atoms with van der Waals surface area (Å²) in [5.41, 5.74) is 0.622. The van der Waals surface area contributed by atoms with Crippen molar-refractivity contribution in [1.29, 1.82) is 0 Å². The van der Waals surface area contributed by atoms with Gasteiger partial charge in [0.05, 0.1) is 25.4 Å². The second kappa shape index (κ2) is 8.55. The van der Waals surface area contributed by atoms with Crippen molar-refractivity contribution in [3.8, 4) is 0 Å². The molecule has 10 atom stereocenters. The molecule has 6 aliphatic rings. The Labute approximate surface area is 213 Å². The molecule has 2 saturated heterocycles. The maximum absolute atomic E-state index is 6.66. The SMILES string of the molecule is CCC/C=C/[C@@H](C)[C@H]1CCC2C3CC4(OCCO4)[C@H]4CC5OC(C)(C)O[C@@H]5C[C@]4(C)C3CC[C@@]21C. The van der Waals surface area contributed by atoms with Crippen molar-refractivity contribution in [3.05, 3.63) is 12.2 Å². The van der Waals surface area contributed by atoms with Crippen molar-refractivity contribution >= 4 is 0 Å². The van der Waals surface area contributed by atoms with Gasteiger partial charge in [0, 0.05) is 12.3 Å². The number of hydrogen-bond acceptors (Lipinski definition) is 4. The van der Waals surface area contributed by atoms with E-state index in [1.165, 1.54) is 38.5 Å². The van der Waals surface area contributed by atoms with Crippen LogP contribution in [0.4, 0.5) is 0 Å². The molecular weight excluding hydrogens is 436 g/mol. The van der Waals surface area contributed by atoms with E-state index in [0.717, 1.165) is 50.2 Å². The molecule has 0 amide bonds. The van der Waals surface area contributed by atoms with Crippen LogP contribution in [0.5, 0.6) is 0 Å². The topological polar surface area (TPSA) is 36.9 Å². The molecule has 4 saturated carbocycles. The largest absolute Gasteiger partial charge is 0.347 e. The second-order valence-corrected chi connectivity index (χ2v) is 14.1. The molecule has 0 aromatic heterocycles. The normalized spacial score (nSPS) is 50.6. The Morgan fingerprint density at radius 3 is 2.34 bits per heavy atom. The van der Waals surface area contributed by atoms with E-state index in [9.17, 15) is 0 Å². The van der Waals surface area contributed by atoms with Crippen LogP contribution in [-0.2, 0) is 18.9 Å². The molecule has 0 N–H and O–H groups in total. The Hall–Kier alpha value is -0.420. The molecule has 4 aliphatic carbocycles. The van der Waals surface area contributed by atoms with Crippen LogP contribution in [-0.4, -0.2) is 37.0 Å². The molecular formula is C31H50O4. The molecule has 4 nitrogen and oxygen atoms in total. The van der Waals surface area contributed by atoms with Gasteiger partial charge in [-0.05, 0) is 99.2 Å². The minimum atomic E-state index is -0.478. The molecule has 0 radical (unpaired) electrons. The Kier molecular flexibility index (Phi) is 6.08. The van der Waals surface area contributed by atoms with Gasteiger partial charge < -0.3 is 18.9 Å². The van der Waals surface area contributed by atoms with Crippen molar-refractivity contribution in [2.75, 3.05) is 13.2 Å². The first-order valence-corrected chi connectivity index (χ1v) is 14.9. The summed E-state index contributed by atoms with van der Waals surface area (Å²) in [4.78, 5) is 0. The van der Waals surface area contributed by atoms with E-state index in [0.29, 0.717) is 23.2 Å². The third kappa shape index (κ3) is 3.74. The minimum Gasteiger partial charge on any atom is -0.347 e. The van der Waals surface area contributed by atoms with E-state index in [1.807, 2.05) is 0 Å². The van der Waals surface area contributed by atoms with Gasteiger partial charge in [-0.2, -0.15) is 0 Å². The van der Waals surface area contributed by atoms with E-state index < -0.39 is 11.6 Å². The molecule has 0 bridgehead atoms. The third-order valence-electron chi connectivity index (χ3n) is 11.9. The third-order valence-corrected chi connectivity index (χ3v) is 11.9. The zero-order valence-electron chi connectivity index (χ0n) is 23.2. The molecule has 35 heavy (non-hydrogen) atoms. The summed E-state index contributed by atoms with van der Waals surface area (Å²) >= 11 is 0. The average Bonchev–Trinajstić information content (AvgIpc) is 3.47. The zero-order chi connectivity index (χ0) is 24.6. The predicted molar refractivity (Wildman–Crippen MR) is 138 cm³/mol. The van der Waals surface area contributed by atoms with Crippen LogP contribution in [0.3, 0.4) is 0 Å². The van der Waals surface area contributed by atoms with E-state index in [4.69, 9.17) is 18.9 Å². The summed E-state index contributed by atoms with van der Waals surface area (Å²) in [7, 11) is 0. The number of ether oxygens (including phenoxy) is 4. The number of unbranched alkanes of at least 4 members (excludes halogenated alkanes) is 1. The lowest BCUT2D eigenvalue weighted by atomic mass is 9.42. The molecule has 6 rings (SSSR count). The van der Waals surface area contributed by atoms with Gasteiger partial charge in [-0.1, -0.05) is 46.3 Å². The lowest BCUT2D eigenvalue weighted by molar-refractivity contribution is -0.300. The van der Waals surface area contributed by atoms with Gasteiger partial charge in [0.25, 0.3) is 0 Å². The Morgan fingerprint density at radius 2 is 1.60 bits per heavy atom. The highest BCUT2D eigenvalue weighted by Crippen LogP contribution is 2.71. The van der Waals surface area contributed by atoms with Crippen molar-refractivity contribution < 1.29 is 18.9 Å². The van der Waals surface area contributed by atoms with Crippen molar-refractivity contribution in [3.63, 3.8) is 0 Å². The molecule has 0 aromatic rings.